The number of hydrogen-bond acceptors (Lipinski definition) is 6. The van der Waals surface area contributed by atoms with Crippen LogP contribution in [0.5, 0.6) is 11.5 Å². The molecule has 8 nitrogen and oxygen atoms in total. The fourth-order valence-electron chi connectivity index (χ4n) is 3.01. The van der Waals surface area contributed by atoms with E-state index in [1.165, 1.54) is 18.2 Å². The minimum Gasteiger partial charge on any atom is -0.490 e. The second kappa shape index (κ2) is 11.9. The van der Waals surface area contributed by atoms with E-state index in [9.17, 15) is 20.2 Å². The van der Waals surface area contributed by atoms with Gasteiger partial charge in [-0.1, -0.05) is 41.4 Å². The number of nitrogens with zero attached hydrogens (tertiary/aromatic N) is 2. The highest BCUT2D eigenvalue weighted by Gasteiger charge is 2.19. The Hall–Kier alpha value is -4.06. The number of hydrogen-bond donors (Lipinski definition) is 1. The zero-order valence-corrected chi connectivity index (χ0v) is 20.0. The molecule has 178 valence electrons. The molecule has 0 aromatic heterocycles. The minimum absolute atomic E-state index is 0.0773. The minimum atomic E-state index is -0.807. The van der Waals surface area contributed by atoms with Gasteiger partial charge in [0.1, 0.15) is 23.9 Å². The second-order valence-corrected chi connectivity index (χ2v) is 7.97. The van der Waals surface area contributed by atoms with Crippen LogP contribution in [0.3, 0.4) is 0 Å². The van der Waals surface area contributed by atoms with Gasteiger partial charge in [-0.05, 0) is 60.5 Å². The summed E-state index contributed by atoms with van der Waals surface area (Å²) in [6.07, 6.45) is 1.35. The largest absolute Gasteiger partial charge is 0.490 e. The van der Waals surface area contributed by atoms with E-state index in [4.69, 9.17) is 32.7 Å². The summed E-state index contributed by atoms with van der Waals surface area (Å²) < 4.78 is 11.5. The first kappa shape index (κ1) is 25.6. The van der Waals surface area contributed by atoms with E-state index in [1.54, 1.807) is 30.3 Å². The van der Waals surface area contributed by atoms with Crippen LogP contribution in [-0.4, -0.2) is 17.4 Å². The molecular formula is C25H19Cl2N3O5. The molecule has 0 saturated carbocycles. The highest BCUT2D eigenvalue weighted by molar-refractivity contribution is 6.31. The predicted octanol–water partition coefficient (Wildman–Crippen LogP) is 6.42. The number of rotatable bonds is 9. The van der Waals surface area contributed by atoms with Crippen molar-refractivity contribution in [2.45, 2.75) is 13.5 Å². The SMILES string of the molecule is CCOc1cc(/C=C(/C#N)C(=O)Nc2ccc(Cl)cc2[N+](=O)[O-])ccc1OCc1ccc(Cl)cc1. The number of halogens is 2. The summed E-state index contributed by atoms with van der Waals surface area (Å²) in [4.78, 5) is 23.2. The molecule has 10 heteroatoms. The predicted molar refractivity (Wildman–Crippen MR) is 134 cm³/mol. The number of nitriles is 1. The summed E-state index contributed by atoms with van der Waals surface area (Å²) in [5.41, 5.74) is 0.701. The van der Waals surface area contributed by atoms with Gasteiger partial charge in [-0.3, -0.25) is 14.9 Å². The number of benzene rings is 3. The molecule has 0 aliphatic rings. The summed E-state index contributed by atoms with van der Waals surface area (Å²) >= 11 is 11.7. The second-order valence-electron chi connectivity index (χ2n) is 7.10. The van der Waals surface area contributed by atoms with Crippen molar-refractivity contribution in [3.8, 4) is 17.6 Å². The third-order valence-corrected chi connectivity index (χ3v) is 5.14. The van der Waals surface area contributed by atoms with Crippen molar-refractivity contribution in [3.05, 3.63) is 97.5 Å². The average molecular weight is 512 g/mol. The number of nitro groups is 1. The number of carbonyl (C=O) groups is 1. The molecule has 3 aromatic carbocycles. The van der Waals surface area contributed by atoms with Gasteiger partial charge >= 0.3 is 0 Å². The molecule has 0 radical (unpaired) electrons. The van der Waals surface area contributed by atoms with Crippen LogP contribution in [0, 0.1) is 21.4 Å². The molecule has 0 heterocycles. The maximum atomic E-state index is 12.6. The van der Waals surface area contributed by atoms with Gasteiger partial charge in [-0.2, -0.15) is 5.26 Å². The van der Waals surface area contributed by atoms with Gasteiger partial charge in [0.05, 0.1) is 11.5 Å². The van der Waals surface area contributed by atoms with Crippen LogP contribution in [0.2, 0.25) is 10.0 Å². The summed E-state index contributed by atoms with van der Waals surface area (Å²) in [6, 6.07) is 17.8. The van der Waals surface area contributed by atoms with Gasteiger partial charge in [0.2, 0.25) is 0 Å². The molecular weight excluding hydrogens is 493 g/mol. The molecule has 1 N–H and O–H groups in total. The number of ether oxygens (including phenoxy) is 2. The van der Waals surface area contributed by atoms with Crippen LogP contribution in [0.4, 0.5) is 11.4 Å². The van der Waals surface area contributed by atoms with Crippen molar-refractivity contribution < 1.29 is 19.2 Å². The number of nitro benzene ring substituents is 1. The van der Waals surface area contributed by atoms with E-state index in [0.717, 1.165) is 11.6 Å². The van der Waals surface area contributed by atoms with Crippen molar-refractivity contribution >= 4 is 46.6 Å². The van der Waals surface area contributed by atoms with Gasteiger partial charge in [0, 0.05) is 16.1 Å². The van der Waals surface area contributed by atoms with Crippen molar-refractivity contribution in [2.75, 3.05) is 11.9 Å². The topological polar surface area (TPSA) is 114 Å². The van der Waals surface area contributed by atoms with Crippen molar-refractivity contribution in [1.82, 2.24) is 0 Å². The lowest BCUT2D eigenvalue weighted by Crippen LogP contribution is -2.14. The number of anilines is 1. The molecule has 3 aromatic rings. The number of amides is 1. The van der Waals surface area contributed by atoms with E-state index in [2.05, 4.69) is 5.32 Å². The molecule has 0 unspecified atom stereocenters. The van der Waals surface area contributed by atoms with E-state index in [1.807, 2.05) is 25.1 Å². The summed E-state index contributed by atoms with van der Waals surface area (Å²) in [6.45, 7) is 2.48. The molecule has 1 amide bonds. The molecule has 0 atom stereocenters. The molecule has 0 aliphatic carbocycles. The molecule has 0 bridgehead atoms. The van der Waals surface area contributed by atoms with Crippen LogP contribution in [0.1, 0.15) is 18.1 Å². The van der Waals surface area contributed by atoms with Gasteiger partial charge in [0.15, 0.2) is 11.5 Å². The molecule has 0 fully saturated rings. The molecule has 0 aliphatic heterocycles. The first-order valence-electron chi connectivity index (χ1n) is 10.3. The Morgan fingerprint density at radius 2 is 1.77 bits per heavy atom. The lowest BCUT2D eigenvalue weighted by atomic mass is 10.1. The molecule has 0 spiro atoms. The maximum absolute atomic E-state index is 12.6. The highest BCUT2D eigenvalue weighted by Crippen LogP contribution is 2.31. The fraction of sp³-hybridized carbons (Fsp3) is 0.120. The van der Waals surface area contributed by atoms with Crippen molar-refractivity contribution in [3.63, 3.8) is 0 Å². The van der Waals surface area contributed by atoms with E-state index < -0.39 is 10.8 Å². The van der Waals surface area contributed by atoms with Crippen LogP contribution in [0.15, 0.2) is 66.2 Å². The first-order valence-corrected chi connectivity index (χ1v) is 11.1. The van der Waals surface area contributed by atoms with Crippen LogP contribution >= 0.6 is 23.2 Å². The van der Waals surface area contributed by atoms with E-state index in [-0.39, 0.29) is 28.6 Å². The molecule has 3 rings (SSSR count). The lowest BCUT2D eigenvalue weighted by molar-refractivity contribution is -0.383. The van der Waals surface area contributed by atoms with Gasteiger partial charge in [0.25, 0.3) is 11.6 Å². The molecule has 0 saturated heterocycles. The maximum Gasteiger partial charge on any atom is 0.294 e. The number of carbonyl (C=O) groups excluding carboxylic acids is 1. The zero-order valence-electron chi connectivity index (χ0n) is 18.5. The Kier molecular flexibility index (Phi) is 8.68. The highest BCUT2D eigenvalue weighted by atomic mass is 35.5. The van der Waals surface area contributed by atoms with Crippen molar-refractivity contribution in [2.24, 2.45) is 0 Å². The van der Waals surface area contributed by atoms with E-state index >= 15 is 0 Å². The smallest absolute Gasteiger partial charge is 0.294 e. The van der Waals surface area contributed by atoms with Gasteiger partial charge < -0.3 is 14.8 Å². The lowest BCUT2D eigenvalue weighted by Gasteiger charge is -2.13. The normalized spacial score (nSPS) is 10.9. The summed E-state index contributed by atoms with van der Waals surface area (Å²) in [7, 11) is 0. The fourth-order valence-corrected chi connectivity index (χ4v) is 3.30. The van der Waals surface area contributed by atoms with Gasteiger partial charge in [-0.25, -0.2) is 0 Å². The monoisotopic (exact) mass is 511 g/mol. The van der Waals surface area contributed by atoms with Crippen molar-refractivity contribution in [1.29, 1.82) is 5.26 Å². The first-order chi connectivity index (χ1) is 16.8. The summed E-state index contributed by atoms with van der Waals surface area (Å²) in [5, 5.41) is 23.9. The zero-order chi connectivity index (χ0) is 25.4. The quantitative estimate of drug-likeness (QED) is 0.153. The third kappa shape index (κ3) is 6.96. The van der Waals surface area contributed by atoms with Crippen LogP contribution in [-0.2, 0) is 11.4 Å². The van der Waals surface area contributed by atoms with Crippen LogP contribution < -0.4 is 14.8 Å². The Balaban J connectivity index is 1.81. The summed E-state index contributed by atoms with van der Waals surface area (Å²) in [5.74, 6) is 0.110. The Bertz CT molecular complexity index is 1320. The number of nitrogens with one attached hydrogen (secondary N) is 1. The van der Waals surface area contributed by atoms with Crippen LogP contribution in [0.25, 0.3) is 6.08 Å². The van der Waals surface area contributed by atoms with Gasteiger partial charge in [-0.15, -0.1) is 0 Å². The van der Waals surface area contributed by atoms with E-state index in [0.29, 0.717) is 28.7 Å². The Morgan fingerprint density at radius 3 is 2.43 bits per heavy atom. The Morgan fingerprint density at radius 1 is 1.06 bits per heavy atom. The third-order valence-electron chi connectivity index (χ3n) is 4.66. The standard InChI is InChI=1S/C25H19Cl2N3O5/c1-2-34-24-12-17(5-10-23(24)35-15-16-3-6-19(26)7-4-16)11-18(14-28)25(31)29-21-9-8-20(27)13-22(21)30(32)33/h3-13H,2,15H2,1H3,(H,29,31)/b18-11-. The average Bonchev–Trinajstić information content (AvgIpc) is 2.84. The molecule has 35 heavy (non-hydrogen) atoms. The Labute approximate surface area is 211 Å².